The minimum atomic E-state index is -2.90. The van der Waals surface area contributed by atoms with E-state index in [4.69, 9.17) is 4.52 Å². The molecule has 18 heavy (non-hydrogen) atoms. The zero-order valence-corrected chi connectivity index (χ0v) is 10.8. The summed E-state index contributed by atoms with van der Waals surface area (Å²) in [5.41, 5.74) is 0. The van der Waals surface area contributed by atoms with Crippen molar-refractivity contribution in [1.82, 2.24) is 10.5 Å². The molecule has 1 aliphatic heterocycles. The van der Waals surface area contributed by atoms with Gasteiger partial charge in [0.05, 0.1) is 11.5 Å². The average molecular weight is 273 g/mol. The summed E-state index contributed by atoms with van der Waals surface area (Å²) in [6.07, 6.45) is 0.603. The monoisotopic (exact) mass is 273 g/mol. The number of aromatic nitrogens is 1. The van der Waals surface area contributed by atoms with E-state index in [1.807, 2.05) is 0 Å². The number of amides is 2. The smallest absolute Gasteiger partial charge is 0.320 e. The minimum absolute atomic E-state index is 0.000190. The summed E-state index contributed by atoms with van der Waals surface area (Å²) in [6.45, 7) is 2.07. The Morgan fingerprint density at radius 3 is 2.94 bits per heavy atom. The molecule has 0 spiro atoms. The van der Waals surface area contributed by atoms with E-state index in [-0.39, 0.29) is 17.4 Å². The Balaban J connectivity index is 1.76. The van der Waals surface area contributed by atoms with Crippen LogP contribution in [0.1, 0.15) is 12.2 Å². The van der Waals surface area contributed by atoms with Crippen molar-refractivity contribution >= 4 is 21.7 Å². The molecule has 1 aromatic heterocycles. The van der Waals surface area contributed by atoms with Gasteiger partial charge in [0.1, 0.15) is 5.76 Å². The van der Waals surface area contributed by atoms with Crippen LogP contribution in [-0.4, -0.2) is 37.7 Å². The Morgan fingerprint density at radius 1 is 1.61 bits per heavy atom. The molecule has 0 bridgehead atoms. The SMILES string of the molecule is Cc1cc(NC(=O)NCC2CCS(=O)(=O)C2)no1. The molecule has 100 valence electrons. The molecule has 2 heterocycles. The number of urea groups is 1. The highest BCUT2D eigenvalue weighted by atomic mass is 32.2. The van der Waals surface area contributed by atoms with E-state index in [0.717, 1.165) is 0 Å². The molecule has 0 aliphatic carbocycles. The first-order valence-corrected chi connectivity index (χ1v) is 7.45. The van der Waals surface area contributed by atoms with Crippen LogP contribution in [0.4, 0.5) is 10.6 Å². The highest BCUT2D eigenvalue weighted by molar-refractivity contribution is 7.91. The Kier molecular flexibility index (Phi) is 3.55. The number of nitrogens with one attached hydrogen (secondary N) is 2. The van der Waals surface area contributed by atoms with Crippen LogP contribution in [0.25, 0.3) is 0 Å². The Bertz CT molecular complexity index is 537. The van der Waals surface area contributed by atoms with Crippen LogP contribution < -0.4 is 10.6 Å². The summed E-state index contributed by atoms with van der Waals surface area (Å²) in [4.78, 5) is 11.5. The van der Waals surface area contributed by atoms with Gasteiger partial charge in [-0.15, -0.1) is 0 Å². The van der Waals surface area contributed by atoms with Gasteiger partial charge in [-0.1, -0.05) is 5.16 Å². The van der Waals surface area contributed by atoms with Gasteiger partial charge < -0.3 is 9.84 Å². The highest BCUT2D eigenvalue weighted by Gasteiger charge is 2.27. The lowest BCUT2D eigenvalue weighted by Crippen LogP contribution is -2.33. The molecule has 0 radical (unpaired) electrons. The van der Waals surface area contributed by atoms with Crippen LogP contribution >= 0.6 is 0 Å². The lowest BCUT2D eigenvalue weighted by molar-refractivity contribution is 0.250. The summed E-state index contributed by atoms with van der Waals surface area (Å²) in [7, 11) is -2.90. The fraction of sp³-hybridized carbons (Fsp3) is 0.600. The van der Waals surface area contributed by atoms with Crippen LogP contribution in [0.3, 0.4) is 0 Å². The van der Waals surface area contributed by atoms with Gasteiger partial charge >= 0.3 is 6.03 Å². The molecule has 0 aromatic carbocycles. The number of hydrogen-bond acceptors (Lipinski definition) is 5. The van der Waals surface area contributed by atoms with Gasteiger partial charge in [-0.2, -0.15) is 0 Å². The molecule has 2 rings (SSSR count). The molecule has 2 amide bonds. The molecule has 7 nitrogen and oxygen atoms in total. The maximum atomic E-state index is 11.5. The molecule has 1 saturated heterocycles. The zero-order valence-electron chi connectivity index (χ0n) is 9.97. The van der Waals surface area contributed by atoms with E-state index in [2.05, 4.69) is 15.8 Å². The summed E-state index contributed by atoms with van der Waals surface area (Å²) in [6, 6.07) is 1.19. The van der Waals surface area contributed by atoms with Gasteiger partial charge in [0, 0.05) is 12.6 Å². The van der Waals surface area contributed by atoms with Crippen LogP contribution in [-0.2, 0) is 9.84 Å². The molecule has 1 aromatic rings. The number of carbonyl (C=O) groups is 1. The molecule has 0 saturated carbocycles. The maximum Gasteiger partial charge on any atom is 0.320 e. The van der Waals surface area contributed by atoms with Crippen LogP contribution in [0, 0.1) is 12.8 Å². The highest BCUT2D eigenvalue weighted by Crippen LogP contribution is 2.17. The van der Waals surface area contributed by atoms with E-state index in [1.165, 1.54) is 0 Å². The van der Waals surface area contributed by atoms with Crippen molar-refractivity contribution in [2.24, 2.45) is 5.92 Å². The molecule has 1 unspecified atom stereocenters. The molecule has 1 aliphatic rings. The molecule has 1 atom stereocenters. The van der Waals surface area contributed by atoms with Crippen molar-refractivity contribution in [2.45, 2.75) is 13.3 Å². The second-order valence-corrected chi connectivity index (χ2v) is 6.66. The lowest BCUT2D eigenvalue weighted by Gasteiger charge is -2.09. The van der Waals surface area contributed by atoms with Crippen molar-refractivity contribution in [3.05, 3.63) is 11.8 Å². The number of aryl methyl sites for hydroxylation is 1. The van der Waals surface area contributed by atoms with Gasteiger partial charge in [0.2, 0.25) is 0 Å². The van der Waals surface area contributed by atoms with Crippen LogP contribution in [0.5, 0.6) is 0 Å². The Labute approximate surface area is 105 Å². The van der Waals surface area contributed by atoms with E-state index in [1.54, 1.807) is 13.0 Å². The predicted molar refractivity (Wildman–Crippen MR) is 65.0 cm³/mol. The maximum absolute atomic E-state index is 11.5. The Hall–Kier alpha value is -1.57. The van der Waals surface area contributed by atoms with E-state index in [9.17, 15) is 13.2 Å². The number of hydrogen-bond donors (Lipinski definition) is 2. The average Bonchev–Trinajstić information content (AvgIpc) is 2.82. The van der Waals surface area contributed by atoms with Crippen molar-refractivity contribution in [3.63, 3.8) is 0 Å². The molecular weight excluding hydrogens is 258 g/mol. The third kappa shape index (κ3) is 3.46. The van der Waals surface area contributed by atoms with Crippen LogP contribution in [0.15, 0.2) is 10.6 Å². The standard InChI is InChI=1S/C10H15N3O4S/c1-7-4-9(13-17-7)12-10(14)11-5-8-2-3-18(15,16)6-8/h4,8H,2-3,5-6H2,1H3,(H2,11,12,13,14). The summed E-state index contributed by atoms with van der Waals surface area (Å²) in [5.74, 6) is 1.30. The summed E-state index contributed by atoms with van der Waals surface area (Å²) >= 11 is 0. The van der Waals surface area contributed by atoms with Gasteiger partial charge in [-0.25, -0.2) is 13.2 Å². The zero-order chi connectivity index (χ0) is 13.2. The first kappa shape index (κ1) is 12.9. The molecule has 2 N–H and O–H groups in total. The second-order valence-electron chi connectivity index (χ2n) is 4.43. The topological polar surface area (TPSA) is 101 Å². The normalized spacial score (nSPS) is 21.7. The van der Waals surface area contributed by atoms with Gasteiger partial charge in [0.25, 0.3) is 0 Å². The Morgan fingerprint density at radius 2 is 2.39 bits per heavy atom. The van der Waals surface area contributed by atoms with Gasteiger partial charge in [0.15, 0.2) is 15.7 Å². The second kappa shape index (κ2) is 4.97. The van der Waals surface area contributed by atoms with Crippen molar-refractivity contribution in [2.75, 3.05) is 23.4 Å². The predicted octanol–water partition coefficient (Wildman–Crippen LogP) is 0.539. The van der Waals surface area contributed by atoms with Crippen molar-refractivity contribution in [1.29, 1.82) is 0 Å². The lowest BCUT2D eigenvalue weighted by atomic mass is 10.1. The van der Waals surface area contributed by atoms with Crippen LogP contribution in [0.2, 0.25) is 0 Å². The number of rotatable bonds is 3. The first-order valence-electron chi connectivity index (χ1n) is 5.63. The van der Waals surface area contributed by atoms with Gasteiger partial charge in [-0.05, 0) is 19.3 Å². The third-order valence-corrected chi connectivity index (χ3v) is 4.58. The van der Waals surface area contributed by atoms with E-state index in [0.29, 0.717) is 24.5 Å². The van der Waals surface area contributed by atoms with E-state index < -0.39 is 15.9 Å². The molecule has 8 heteroatoms. The number of anilines is 1. The first-order chi connectivity index (χ1) is 8.44. The van der Waals surface area contributed by atoms with E-state index >= 15 is 0 Å². The fourth-order valence-electron chi connectivity index (χ4n) is 1.86. The third-order valence-electron chi connectivity index (χ3n) is 2.75. The quantitative estimate of drug-likeness (QED) is 0.837. The summed E-state index contributed by atoms with van der Waals surface area (Å²) in [5, 5.41) is 8.74. The van der Waals surface area contributed by atoms with Gasteiger partial charge in [-0.3, -0.25) is 5.32 Å². The van der Waals surface area contributed by atoms with Crippen molar-refractivity contribution in [3.8, 4) is 0 Å². The largest absolute Gasteiger partial charge is 0.360 e. The van der Waals surface area contributed by atoms with Crippen molar-refractivity contribution < 1.29 is 17.7 Å². The number of carbonyl (C=O) groups excluding carboxylic acids is 1. The number of sulfone groups is 1. The molecular formula is C10H15N3O4S. The number of nitrogens with zero attached hydrogens (tertiary/aromatic N) is 1. The minimum Gasteiger partial charge on any atom is -0.360 e. The molecule has 1 fully saturated rings. The summed E-state index contributed by atoms with van der Waals surface area (Å²) < 4.78 is 27.3. The fourth-order valence-corrected chi connectivity index (χ4v) is 3.72.